The molecular formula is C23H25FN4O2S. The number of hydrogen-bond acceptors (Lipinski definition) is 6. The number of fused-ring (bicyclic) bond motifs is 1. The molecule has 0 bridgehead atoms. The maximum Gasteiger partial charge on any atom is 0.253 e. The fourth-order valence-electron chi connectivity index (χ4n) is 4.61. The highest BCUT2D eigenvalue weighted by Crippen LogP contribution is 2.26. The van der Waals surface area contributed by atoms with Gasteiger partial charge in [0.25, 0.3) is 5.91 Å². The van der Waals surface area contributed by atoms with Crippen LogP contribution in [0.15, 0.2) is 42.5 Å². The zero-order valence-corrected chi connectivity index (χ0v) is 18.1. The number of benzene rings is 2. The van der Waals surface area contributed by atoms with Crippen LogP contribution in [0.2, 0.25) is 0 Å². The van der Waals surface area contributed by atoms with E-state index in [0.29, 0.717) is 17.4 Å². The Bertz CT molecular complexity index is 1060. The smallest absolute Gasteiger partial charge is 0.253 e. The first-order chi connectivity index (χ1) is 15.2. The lowest BCUT2D eigenvalue weighted by Gasteiger charge is -2.41. The first-order valence-corrected chi connectivity index (χ1v) is 11.6. The molecule has 1 aromatic heterocycles. The van der Waals surface area contributed by atoms with Crippen LogP contribution < -0.4 is 4.74 Å². The number of piperidine rings is 2. The Morgan fingerprint density at radius 3 is 2.48 bits per heavy atom. The molecule has 3 heterocycles. The average molecular weight is 441 g/mol. The molecule has 0 unspecified atom stereocenters. The van der Waals surface area contributed by atoms with Crippen molar-refractivity contribution in [1.82, 2.24) is 18.5 Å². The molecule has 2 saturated heterocycles. The van der Waals surface area contributed by atoms with E-state index in [1.807, 2.05) is 23.1 Å². The van der Waals surface area contributed by atoms with E-state index < -0.39 is 0 Å². The van der Waals surface area contributed by atoms with Gasteiger partial charge in [-0.1, -0.05) is 12.1 Å². The van der Waals surface area contributed by atoms with Crippen molar-refractivity contribution in [1.29, 1.82) is 0 Å². The highest BCUT2D eigenvalue weighted by Gasteiger charge is 2.30. The number of para-hydroxylation sites is 1. The molecule has 1 amide bonds. The molecule has 162 valence electrons. The SMILES string of the molecule is O=C(c1ccc2nsnc2c1)N1CCC(N2CCC(Oc3ccccc3F)CC2)CC1. The Hall–Kier alpha value is -2.58. The Kier molecular flexibility index (Phi) is 5.82. The molecule has 2 fully saturated rings. The van der Waals surface area contributed by atoms with Crippen molar-refractivity contribution < 1.29 is 13.9 Å². The summed E-state index contributed by atoms with van der Waals surface area (Å²) in [5.41, 5.74) is 2.30. The van der Waals surface area contributed by atoms with E-state index in [1.54, 1.807) is 18.2 Å². The summed E-state index contributed by atoms with van der Waals surface area (Å²) in [5.74, 6) is 0.122. The number of halogens is 1. The minimum absolute atomic E-state index is 0.0601. The molecule has 6 nitrogen and oxygen atoms in total. The van der Waals surface area contributed by atoms with Gasteiger partial charge in [-0.2, -0.15) is 8.75 Å². The molecule has 0 atom stereocenters. The minimum atomic E-state index is -0.299. The number of carbonyl (C=O) groups excluding carboxylic acids is 1. The van der Waals surface area contributed by atoms with Crippen LogP contribution in [0, 0.1) is 5.82 Å². The number of aromatic nitrogens is 2. The van der Waals surface area contributed by atoms with Crippen LogP contribution in [-0.2, 0) is 0 Å². The molecule has 0 N–H and O–H groups in total. The number of amides is 1. The van der Waals surface area contributed by atoms with Crippen LogP contribution in [-0.4, -0.2) is 62.8 Å². The van der Waals surface area contributed by atoms with E-state index in [1.165, 1.54) is 17.8 Å². The van der Waals surface area contributed by atoms with Crippen molar-refractivity contribution in [2.45, 2.75) is 37.8 Å². The molecule has 8 heteroatoms. The van der Waals surface area contributed by atoms with Crippen molar-refractivity contribution >= 4 is 28.7 Å². The Morgan fingerprint density at radius 2 is 1.71 bits per heavy atom. The van der Waals surface area contributed by atoms with Crippen LogP contribution in [0.25, 0.3) is 11.0 Å². The number of hydrogen-bond donors (Lipinski definition) is 0. The molecule has 5 rings (SSSR count). The number of carbonyl (C=O) groups is 1. The highest BCUT2D eigenvalue weighted by molar-refractivity contribution is 7.00. The van der Waals surface area contributed by atoms with Gasteiger partial charge in [0.2, 0.25) is 0 Å². The first kappa shape index (κ1) is 20.3. The first-order valence-electron chi connectivity index (χ1n) is 10.8. The van der Waals surface area contributed by atoms with Gasteiger partial charge in [-0.15, -0.1) is 0 Å². The van der Waals surface area contributed by atoms with Crippen molar-refractivity contribution in [2.75, 3.05) is 26.2 Å². The van der Waals surface area contributed by atoms with Crippen LogP contribution in [0.5, 0.6) is 5.75 Å². The van der Waals surface area contributed by atoms with Gasteiger partial charge in [0.05, 0.1) is 11.7 Å². The van der Waals surface area contributed by atoms with Crippen molar-refractivity contribution in [3.05, 3.63) is 53.8 Å². The normalized spacial score (nSPS) is 19.1. The molecule has 0 radical (unpaired) electrons. The van der Waals surface area contributed by atoms with Gasteiger partial charge < -0.3 is 9.64 Å². The summed E-state index contributed by atoms with van der Waals surface area (Å²) >= 11 is 1.17. The zero-order valence-electron chi connectivity index (χ0n) is 17.2. The van der Waals surface area contributed by atoms with E-state index in [0.717, 1.165) is 62.9 Å². The second-order valence-corrected chi connectivity index (χ2v) is 8.80. The Labute approximate surface area is 184 Å². The second kappa shape index (κ2) is 8.88. The Morgan fingerprint density at radius 1 is 0.968 bits per heavy atom. The van der Waals surface area contributed by atoms with Crippen LogP contribution in [0.1, 0.15) is 36.0 Å². The molecule has 2 aromatic carbocycles. The van der Waals surface area contributed by atoms with Gasteiger partial charge in [0.1, 0.15) is 17.1 Å². The lowest BCUT2D eigenvalue weighted by Crippen LogP contribution is -2.50. The predicted molar refractivity (Wildman–Crippen MR) is 118 cm³/mol. The fourth-order valence-corrected chi connectivity index (χ4v) is 5.13. The van der Waals surface area contributed by atoms with Crippen molar-refractivity contribution in [2.24, 2.45) is 0 Å². The predicted octanol–water partition coefficient (Wildman–Crippen LogP) is 3.98. The quantitative estimate of drug-likeness (QED) is 0.614. The molecule has 3 aromatic rings. The number of nitrogens with zero attached hydrogens (tertiary/aromatic N) is 4. The molecule has 0 aliphatic carbocycles. The third-order valence-corrected chi connectivity index (χ3v) is 6.93. The van der Waals surface area contributed by atoms with Crippen molar-refractivity contribution in [3.63, 3.8) is 0 Å². The number of likely N-dealkylation sites (tertiary alicyclic amines) is 2. The summed E-state index contributed by atoms with van der Waals surface area (Å²) in [7, 11) is 0. The summed E-state index contributed by atoms with van der Waals surface area (Å²) in [6.45, 7) is 3.43. The fraction of sp³-hybridized carbons (Fsp3) is 0.435. The van der Waals surface area contributed by atoms with Crippen molar-refractivity contribution in [3.8, 4) is 5.75 Å². The third kappa shape index (κ3) is 4.41. The molecule has 2 aliphatic rings. The summed E-state index contributed by atoms with van der Waals surface area (Å²) < 4.78 is 28.1. The maximum atomic E-state index is 13.8. The molecule has 0 saturated carbocycles. The minimum Gasteiger partial charge on any atom is -0.487 e. The summed E-state index contributed by atoms with van der Waals surface area (Å²) in [4.78, 5) is 17.4. The van der Waals surface area contributed by atoms with E-state index >= 15 is 0 Å². The van der Waals surface area contributed by atoms with Gasteiger partial charge in [0.15, 0.2) is 11.6 Å². The van der Waals surface area contributed by atoms with Gasteiger partial charge in [-0.05, 0) is 56.0 Å². The second-order valence-electron chi connectivity index (χ2n) is 8.27. The standard InChI is InChI=1S/C23H25FN4O2S/c24-19-3-1-2-4-22(19)30-18-9-13-27(14-10-18)17-7-11-28(12-8-17)23(29)16-5-6-20-21(15-16)26-31-25-20/h1-6,15,17-18H,7-14H2. The topological polar surface area (TPSA) is 58.6 Å². The number of ether oxygens (including phenoxy) is 1. The summed E-state index contributed by atoms with van der Waals surface area (Å²) in [6, 6.07) is 12.6. The van der Waals surface area contributed by atoms with Gasteiger partial charge in [-0.3, -0.25) is 9.69 Å². The lowest BCUT2D eigenvalue weighted by atomic mass is 9.98. The number of rotatable bonds is 4. The lowest BCUT2D eigenvalue weighted by molar-refractivity contribution is 0.0416. The van der Waals surface area contributed by atoms with E-state index in [9.17, 15) is 9.18 Å². The zero-order chi connectivity index (χ0) is 21.2. The average Bonchev–Trinajstić information content (AvgIpc) is 3.29. The largest absolute Gasteiger partial charge is 0.487 e. The van der Waals surface area contributed by atoms with E-state index in [2.05, 4.69) is 13.6 Å². The maximum absolute atomic E-state index is 13.8. The van der Waals surface area contributed by atoms with Gasteiger partial charge in [-0.25, -0.2) is 4.39 Å². The van der Waals surface area contributed by atoms with Crippen LogP contribution >= 0.6 is 11.7 Å². The van der Waals surface area contributed by atoms with Gasteiger partial charge in [0, 0.05) is 37.8 Å². The monoisotopic (exact) mass is 440 g/mol. The molecule has 0 spiro atoms. The summed E-state index contributed by atoms with van der Waals surface area (Å²) in [6.07, 6.45) is 3.81. The molecule has 31 heavy (non-hydrogen) atoms. The summed E-state index contributed by atoms with van der Waals surface area (Å²) in [5, 5.41) is 0. The van der Waals surface area contributed by atoms with Crippen LogP contribution in [0.3, 0.4) is 0 Å². The van der Waals surface area contributed by atoms with Crippen LogP contribution in [0.4, 0.5) is 4.39 Å². The van der Waals surface area contributed by atoms with E-state index in [4.69, 9.17) is 4.74 Å². The van der Waals surface area contributed by atoms with E-state index in [-0.39, 0.29) is 17.8 Å². The highest BCUT2D eigenvalue weighted by atomic mass is 32.1. The third-order valence-electron chi connectivity index (χ3n) is 6.38. The Balaban J connectivity index is 1.12. The molecule has 2 aliphatic heterocycles. The molecular weight excluding hydrogens is 415 g/mol. The van der Waals surface area contributed by atoms with Gasteiger partial charge >= 0.3 is 0 Å².